The van der Waals surface area contributed by atoms with Crippen LogP contribution in [0, 0.1) is 10.1 Å². The number of rotatable bonds is 11. The fraction of sp³-hybridized carbons (Fsp3) is 0.348. The summed E-state index contributed by atoms with van der Waals surface area (Å²) in [5, 5.41) is 10.7. The predicted octanol–water partition coefficient (Wildman–Crippen LogP) is 6.39. The van der Waals surface area contributed by atoms with E-state index in [-0.39, 0.29) is 11.5 Å². The van der Waals surface area contributed by atoms with Gasteiger partial charge in [-0.05, 0) is 42.2 Å². The number of unbranched alkanes of at least 4 members (excludes halogenated alkanes) is 5. The molecule has 0 aromatic heterocycles. The molecule has 0 fully saturated rings. The standard InChI is InChI=1S/C23H27NO3/c1-2-3-4-5-6-7-9-19-10-8-11-20(18-19)12-17-23(25)21-13-15-22(16-14-21)24(26)27/h8,10-18H,2-7,9H2,1H3. The van der Waals surface area contributed by atoms with Crippen molar-refractivity contribution in [2.24, 2.45) is 0 Å². The van der Waals surface area contributed by atoms with Crippen LogP contribution in [0.3, 0.4) is 0 Å². The van der Waals surface area contributed by atoms with Gasteiger partial charge in [0, 0.05) is 17.7 Å². The van der Waals surface area contributed by atoms with Crippen LogP contribution in [-0.4, -0.2) is 10.7 Å². The minimum Gasteiger partial charge on any atom is -0.289 e. The van der Waals surface area contributed by atoms with Gasteiger partial charge in [-0.25, -0.2) is 0 Å². The van der Waals surface area contributed by atoms with E-state index >= 15 is 0 Å². The summed E-state index contributed by atoms with van der Waals surface area (Å²) in [6.45, 7) is 2.23. The molecule has 2 aromatic carbocycles. The van der Waals surface area contributed by atoms with Crippen molar-refractivity contribution in [2.75, 3.05) is 0 Å². The maximum atomic E-state index is 12.2. The molecule has 0 radical (unpaired) electrons. The number of non-ortho nitro benzene ring substituents is 1. The summed E-state index contributed by atoms with van der Waals surface area (Å²) >= 11 is 0. The second-order valence-electron chi connectivity index (χ2n) is 6.76. The molecule has 142 valence electrons. The lowest BCUT2D eigenvalue weighted by Gasteiger charge is -2.03. The van der Waals surface area contributed by atoms with Gasteiger partial charge in [-0.2, -0.15) is 0 Å². The molecule has 0 spiro atoms. The number of hydrogen-bond donors (Lipinski definition) is 0. The highest BCUT2D eigenvalue weighted by atomic mass is 16.6. The van der Waals surface area contributed by atoms with E-state index in [4.69, 9.17) is 0 Å². The molecule has 4 heteroatoms. The summed E-state index contributed by atoms with van der Waals surface area (Å²) in [6, 6.07) is 13.9. The highest BCUT2D eigenvalue weighted by Gasteiger charge is 2.07. The van der Waals surface area contributed by atoms with Crippen LogP contribution in [0.5, 0.6) is 0 Å². The third kappa shape index (κ3) is 7.18. The van der Waals surface area contributed by atoms with Crippen LogP contribution >= 0.6 is 0 Å². The molecule has 0 aliphatic carbocycles. The lowest BCUT2D eigenvalue weighted by Crippen LogP contribution is -1.95. The predicted molar refractivity (Wildman–Crippen MR) is 110 cm³/mol. The Labute approximate surface area is 161 Å². The molecule has 4 nitrogen and oxygen atoms in total. The van der Waals surface area contributed by atoms with Crippen molar-refractivity contribution < 1.29 is 9.72 Å². The molecule has 0 unspecified atom stereocenters. The summed E-state index contributed by atoms with van der Waals surface area (Å²) in [5.74, 6) is -0.161. The third-order valence-electron chi connectivity index (χ3n) is 4.56. The minimum atomic E-state index is -0.473. The van der Waals surface area contributed by atoms with E-state index in [0.29, 0.717) is 5.56 Å². The summed E-state index contributed by atoms with van der Waals surface area (Å²) < 4.78 is 0. The molecule has 0 aliphatic rings. The van der Waals surface area contributed by atoms with E-state index in [0.717, 1.165) is 12.0 Å². The second-order valence-corrected chi connectivity index (χ2v) is 6.76. The van der Waals surface area contributed by atoms with E-state index in [9.17, 15) is 14.9 Å². The minimum absolute atomic E-state index is 0.0158. The van der Waals surface area contributed by atoms with E-state index in [2.05, 4.69) is 19.1 Å². The third-order valence-corrected chi connectivity index (χ3v) is 4.56. The SMILES string of the molecule is CCCCCCCCc1cccc(C=CC(=O)c2ccc([N+](=O)[O-])cc2)c1. The average Bonchev–Trinajstić information content (AvgIpc) is 2.69. The molecule has 0 atom stereocenters. The smallest absolute Gasteiger partial charge is 0.269 e. The van der Waals surface area contributed by atoms with Crippen LogP contribution in [0.15, 0.2) is 54.6 Å². The maximum absolute atomic E-state index is 12.2. The van der Waals surface area contributed by atoms with Gasteiger partial charge < -0.3 is 0 Å². The first-order chi connectivity index (χ1) is 13.1. The van der Waals surface area contributed by atoms with E-state index in [1.54, 1.807) is 6.08 Å². The van der Waals surface area contributed by atoms with Gasteiger partial charge in [-0.1, -0.05) is 69.4 Å². The lowest BCUT2D eigenvalue weighted by molar-refractivity contribution is -0.384. The van der Waals surface area contributed by atoms with Crippen molar-refractivity contribution in [2.45, 2.75) is 51.9 Å². The van der Waals surface area contributed by atoms with Gasteiger partial charge in [0.2, 0.25) is 0 Å². The first-order valence-corrected chi connectivity index (χ1v) is 9.66. The van der Waals surface area contributed by atoms with Crippen molar-refractivity contribution in [3.8, 4) is 0 Å². The number of allylic oxidation sites excluding steroid dienone is 1. The number of hydrogen-bond acceptors (Lipinski definition) is 3. The molecule has 27 heavy (non-hydrogen) atoms. The Bertz CT molecular complexity index is 778. The Morgan fingerprint density at radius 2 is 1.70 bits per heavy atom. The van der Waals surface area contributed by atoms with Crippen LogP contribution in [0.4, 0.5) is 5.69 Å². The number of ketones is 1. The maximum Gasteiger partial charge on any atom is 0.269 e. The summed E-state index contributed by atoms with van der Waals surface area (Å²) in [4.78, 5) is 22.4. The molecule has 0 saturated heterocycles. The lowest BCUT2D eigenvalue weighted by atomic mass is 10.0. The Balaban J connectivity index is 1.88. The fourth-order valence-electron chi connectivity index (χ4n) is 2.98. The van der Waals surface area contributed by atoms with Gasteiger partial charge in [-0.15, -0.1) is 0 Å². The van der Waals surface area contributed by atoms with Crippen molar-refractivity contribution in [3.05, 3.63) is 81.4 Å². The topological polar surface area (TPSA) is 60.2 Å². The largest absolute Gasteiger partial charge is 0.289 e. The Kier molecular flexibility index (Phi) is 8.43. The van der Waals surface area contributed by atoms with Crippen LogP contribution in [-0.2, 0) is 6.42 Å². The van der Waals surface area contributed by atoms with E-state index in [1.807, 2.05) is 12.1 Å². The number of nitro benzene ring substituents is 1. The fourth-order valence-corrected chi connectivity index (χ4v) is 2.98. The molecular formula is C23H27NO3. The second kappa shape index (κ2) is 11.1. The van der Waals surface area contributed by atoms with Crippen molar-refractivity contribution in [3.63, 3.8) is 0 Å². The number of nitro groups is 1. The Morgan fingerprint density at radius 1 is 1.00 bits per heavy atom. The molecule has 0 heterocycles. The van der Waals surface area contributed by atoms with Gasteiger partial charge in [0.1, 0.15) is 0 Å². The van der Waals surface area contributed by atoms with Crippen LogP contribution in [0.25, 0.3) is 6.08 Å². The average molecular weight is 365 g/mol. The first-order valence-electron chi connectivity index (χ1n) is 9.66. The summed E-state index contributed by atoms with van der Waals surface area (Å²) in [6.07, 6.45) is 12.1. The summed E-state index contributed by atoms with van der Waals surface area (Å²) in [7, 11) is 0. The molecule has 0 amide bonds. The van der Waals surface area contributed by atoms with Gasteiger partial charge in [-0.3, -0.25) is 14.9 Å². The van der Waals surface area contributed by atoms with Crippen LogP contribution in [0.1, 0.15) is 66.9 Å². The zero-order valence-corrected chi connectivity index (χ0v) is 15.9. The Morgan fingerprint density at radius 3 is 2.41 bits per heavy atom. The molecule has 0 N–H and O–H groups in total. The monoisotopic (exact) mass is 365 g/mol. The number of aryl methyl sites for hydroxylation is 1. The van der Waals surface area contributed by atoms with Crippen molar-refractivity contribution in [1.82, 2.24) is 0 Å². The zero-order chi connectivity index (χ0) is 19.5. The van der Waals surface area contributed by atoms with E-state index < -0.39 is 4.92 Å². The molecule has 0 aliphatic heterocycles. The van der Waals surface area contributed by atoms with E-state index in [1.165, 1.54) is 74.4 Å². The van der Waals surface area contributed by atoms with Gasteiger partial charge >= 0.3 is 0 Å². The number of benzene rings is 2. The van der Waals surface area contributed by atoms with Gasteiger partial charge in [0.05, 0.1) is 4.92 Å². The van der Waals surface area contributed by atoms with Crippen molar-refractivity contribution in [1.29, 1.82) is 0 Å². The molecule has 2 aromatic rings. The highest BCUT2D eigenvalue weighted by Crippen LogP contribution is 2.15. The normalized spacial score (nSPS) is 11.0. The summed E-state index contributed by atoms with van der Waals surface area (Å²) in [5.41, 5.74) is 2.71. The molecule has 0 saturated carbocycles. The zero-order valence-electron chi connectivity index (χ0n) is 15.9. The Hall–Kier alpha value is -2.75. The van der Waals surface area contributed by atoms with Gasteiger partial charge in [0.25, 0.3) is 5.69 Å². The number of carbonyl (C=O) groups excluding carboxylic acids is 1. The molecule has 0 bridgehead atoms. The quantitative estimate of drug-likeness (QED) is 0.152. The van der Waals surface area contributed by atoms with Crippen LogP contribution in [0.2, 0.25) is 0 Å². The van der Waals surface area contributed by atoms with Gasteiger partial charge in [0.15, 0.2) is 5.78 Å². The van der Waals surface area contributed by atoms with Crippen molar-refractivity contribution >= 4 is 17.5 Å². The number of carbonyl (C=O) groups is 1. The van der Waals surface area contributed by atoms with Crippen LogP contribution < -0.4 is 0 Å². The molecular weight excluding hydrogens is 338 g/mol. The first kappa shape index (κ1) is 20.6. The molecule has 2 rings (SSSR count). The number of nitrogens with zero attached hydrogens (tertiary/aromatic N) is 1. The highest BCUT2D eigenvalue weighted by molar-refractivity contribution is 6.06.